The molecule has 4 atom stereocenters. The van der Waals surface area contributed by atoms with Gasteiger partial charge in [-0.25, -0.2) is 13.3 Å². The lowest BCUT2D eigenvalue weighted by molar-refractivity contribution is -0.118. The molecule has 1 aromatic heterocycles. The molecular weight excluding hydrogens is 479 g/mol. The number of benzene rings is 1. The molecule has 2 heterocycles. The Hall–Kier alpha value is -2.20. The summed E-state index contributed by atoms with van der Waals surface area (Å²) >= 11 is 0. The van der Waals surface area contributed by atoms with Crippen LogP contribution in [0.15, 0.2) is 42.7 Å². The number of hydrogen-bond acceptors (Lipinski definition) is 5. The number of aromatic nitrogens is 1. The number of hydrogen-bond donors (Lipinski definition) is 3. The van der Waals surface area contributed by atoms with E-state index in [1.54, 1.807) is 31.6 Å². The molecule has 0 radical (unpaired) electrons. The van der Waals surface area contributed by atoms with E-state index in [-0.39, 0.29) is 17.7 Å². The van der Waals surface area contributed by atoms with Crippen molar-refractivity contribution >= 4 is 22.6 Å². The van der Waals surface area contributed by atoms with Gasteiger partial charge in [-0.1, -0.05) is 18.9 Å². The van der Waals surface area contributed by atoms with Gasteiger partial charge in [-0.2, -0.15) is 0 Å². The van der Waals surface area contributed by atoms with Gasteiger partial charge in [0.2, 0.25) is 5.91 Å². The molecule has 196 valence electrons. The van der Waals surface area contributed by atoms with E-state index in [9.17, 15) is 13.4 Å². The van der Waals surface area contributed by atoms with E-state index in [0.29, 0.717) is 25.3 Å². The van der Waals surface area contributed by atoms with Crippen molar-refractivity contribution < 1.29 is 18.1 Å². The smallest absolute Gasteiger partial charge is 0.241 e. The van der Waals surface area contributed by atoms with Gasteiger partial charge >= 0.3 is 0 Å². The molecule has 2 aliphatic rings. The molecule has 7 nitrogen and oxygen atoms in total. The molecule has 1 aromatic carbocycles. The quantitative estimate of drug-likeness (QED) is 0.444. The zero-order valence-electron chi connectivity index (χ0n) is 21.5. The van der Waals surface area contributed by atoms with Crippen molar-refractivity contribution in [2.24, 2.45) is 5.92 Å². The van der Waals surface area contributed by atoms with E-state index in [4.69, 9.17) is 4.74 Å². The minimum Gasteiger partial charge on any atom is -0.380 e. The molecule has 2 fully saturated rings. The van der Waals surface area contributed by atoms with E-state index in [1.165, 1.54) is 18.9 Å². The summed E-state index contributed by atoms with van der Waals surface area (Å²) in [5, 5.41) is 5.90. The topological polar surface area (TPSA) is 92.4 Å². The zero-order chi connectivity index (χ0) is 25.9. The Morgan fingerprint density at radius 2 is 1.92 bits per heavy atom. The van der Waals surface area contributed by atoms with Crippen molar-refractivity contribution in [3.8, 4) is 0 Å². The summed E-state index contributed by atoms with van der Waals surface area (Å²) in [6, 6.07) is 8.14. The Bertz CT molecular complexity index is 1090. The number of pyridine rings is 1. The summed E-state index contributed by atoms with van der Waals surface area (Å²) in [6.45, 7) is 6.34. The predicted octanol–water partition coefficient (Wildman–Crippen LogP) is 4.02. The maximum Gasteiger partial charge on any atom is 0.241 e. The van der Waals surface area contributed by atoms with E-state index >= 15 is 0 Å². The van der Waals surface area contributed by atoms with Crippen LogP contribution in [0.3, 0.4) is 0 Å². The first kappa shape index (κ1) is 26.9. The van der Waals surface area contributed by atoms with Crippen LogP contribution in [0.1, 0.15) is 64.0 Å². The Morgan fingerprint density at radius 3 is 2.53 bits per heavy atom. The Labute approximate surface area is 215 Å². The van der Waals surface area contributed by atoms with E-state index < -0.39 is 33.1 Å². The summed E-state index contributed by atoms with van der Waals surface area (Å²) in [5.41, 5.74) is 0.912. The van der Waals surface area contributed by atoms with Crippen LogP contribution in [0.25, 0.3) is 0 Å². The normalized spacial score (nSPS) is 22.7. The monoisotopic (exact) mass is 516 g/mol. The highest BCUT2D eigenvalue weighted by molar-refractivity contribution is 7.84. The van der Waals surface area contributed by atoms with Crippen molar-refractivity contribution in [2.75, 3.05) is 19.0 Å². The first-order valence-corrected chi connectivity index (χ1v) is 13.7. The van der Waals surface area contributed by atoms with Gasteiger partial charge in [0.1, 0.15) is 5.82 Å². The molecule has 0 spiro atoms. The second-order valence-corrected chi connectivity index (χ2v) is 12.8. The molecule has 2 aromatic rings. The third-order valence-corrected chi connectivity index (χ3v) is 8.72. The Balaban J connectivity index is 1.72. The van der Waals surface area contributed by atoms with Crippen LogP contribution >= 0.6 is 0 Å². The van der Waals surface area contributed by atoms with Gasteiger partial charge < -0.3 is 15.4 Å². The van der Waals surface area contributed by atoms with E-state index in [0.717, 1.165) is 17.5 Å². The molecule has 1 aliphatic carbocycles. The fourth-order valence-electron chi connectivity index (χ4n) is 4.59. The molecule has 1 saturated carbocycles. The number of halogens is 1. The van der Waals surface area contributed by atoms with Crippen LogP contribution in [0.4, 0.5) is 10.1 Å². The standard InChI is InChI=1S/C27H37FN4O3S/c1-26(2,3)36(34)32-27(12-9-18-5-6-18,19-10-13-29-14-11-19)20-7-8-22(28)23(15-20)31-25(33)24-16-21(35-4)17-30-24/h7-8,10-11,13-15,18,21,24,30,32H,5-6,9,12,16-17H2,1-4H3,(H,31,33)/t21-,24-,27?,36-/m1/s1. The van der Waals surface area contributed by atoms with Crippen molar-refractivity contribution in [3.63, 3.8) is 0 Å². The SMILES string of the molecule is CO[C@H]1CN[C@@H](C(=O)Nc2cc(C(CCC3CC3)(N[S@](=O)C(C)(C)C)c3ccncc3)ccc2F)C1. The largest absolute Gasteiger partial charge is 0.380 e. The minimum atomic E-state index is -1.41. The number of carbonyl (C=O) groups is 1. The number of methoxy groups -OCH3 is 1. The van der Waals surface area contributed by atoms with Crippen LogP contribution in [-0.2, 0) is 26.1 Å². The first-order valence-electron chi connectivity index (χ1n) is 12.6. The lowest BCUT2D eigenvalue weighted by Crippen LogP contribution is -2.49. The highest BCUT2D eigenvalue weighted by atomic mass is 32.2. The van der Waals surface area contributed by atoms with Gasteiger partial charge in [0.05, 0.1) is 39.1 Å². The molecular formula is C27H37FN4O3S. The summed E-state index contributed by atoms with van der Waals surface area (Å²) in [7, 11) is 0.209. The highest BCUT2D eigenvalue weighted by Crippen LogP contribution is 2.42. The van der Waals surface area contributed by atoms with Crippen LogP contribution in [0.5, 0.6) is 0 Å². The lowest BCUT2D eigenvalue weighted by atomic mass is 9.79. The fourth-order valence-corrected chi connectivity index (χ4v) is 5.55. The molecule has 1 saturated heterocycles. The fraction of sp³-hybridized carbons (Fsp3) is 0.556. The van der Waals surface area contributed by atoms with E-state index in [1.807, 2.05) is 32.9 Å². The van der Waals surface area contributed by atoms with Gasteiger partial charge in [-0.05, 0) is 81.3 Å². The number of amides is 1. The first-order chi connectivity index (χ1) is 17.1. The van der Waals surface area contributed by atoms with Crippen LogP contribution < -0.4 is 15.4 Å². The van der Waals surface area contributed by atoms with Crippen LogP contribution in [0.2, 0.25) is 0 Å². The summed E-state index contributed by atoms with van der Waals surface area (Å²) in [5.74, 6) is -0.182. The molecule has 3 N–H and O–H groups in total. The Kier molecular flexibility index (Phi) is 8.24. The summed E-state index contributed by atoms with van der Waals surface area (Å²) in [6.07, 6.45) is 7.92. The molecule has 9 heteroatoms. The number of nitrogens with zero attached hydrogens (tertiary/aromatic N) is 1. The number of nitrogens with one attached hydrogen (secondary N) is 3. The molecule has 1 amide bonds. The third-order valence-electron chi connectivity index (χ3n) is 7.08. The number of ether oxygens (including phenoxy) is 1. The Morgan fingerprint density at radius 1 is 1.19 bits per heavy atom. The summed E-state index contributed by atoms with van der Waals surface area (Å²) < 4.78 is 36.7. The molecule has 1 unspecified atom stereocenters. The number of carbonyl (C=O) groups excluding carboxylic acids is 1. The lowest BCUT2D eigenvalue weighted by Gasteiger charge is -2.38. The zero-order valence-corrected chi connectivity index (χ0v) is 22.3. The van der Waals surface area contributed by atoms with Crippen molar-refractivity contribution in [2.45, 2.75) is 75.3 Å². The maximum absolute atomic E-state index is 15.0. The highest BCUT2D eigenvalue weighted by Gasteiger charge is 2.40. The summed E-state index contributed by atoms with van der Waals surface area (Å²) in [4.78, 5) is 17.1. The van der Waals surface area contributed by atoms with Gasteiger partial charge in [0.15, 0.2) is 0 Å². The average Bonchev–Trinajstić information content (AvgIpc) is 3.56. The second kappa shape index (κ2) is 11.0. The maximum atomic E-state index is 15.0. The van der Waals surface area contributed by atoms with Crippen LogP contribution in [-0.4, -0.2) is 45.6 Å². The van der Waals surface area contributed by atoms with Gasteiger partial charge in [0, 0.05) is 26.0 Å². The van der Waals surface area contributed by atoms with Gasteiger partial charge in [-0.15, -0.1) is 0 Å². The van der Waals surface area contributed by atoms with Crippen molar-refractivity contribution in [1.29, 1.82) is 0 Å². The molecule has 0 bridgehead atoms. The minimum absolute atomic E-state index is 0.0460. The van der Waals surface area contributed by atoms with E-state index in [2.05, 4.69) is 20.3 Å². The molecule has 36 heavy (non-hydrogen) atoms. The molecule has 1 aliphatic heterocycles. The number of anilines is 1. The van der Waals surface area contributed by atoms with Crippen molar-refractivity contribution in [1.82, 2.24) is 15.0 Å². The second-order valence-electron chi connectivity index (χ2n) is 10.8. The predicted molar refractivity (Wildman–Crippen MR) is 140 cm³/mol. The van der Waals surface area contributed by atoms with Crippen molar-refractivity contribution in [3.05, 3.63) is 59.7 Å². The average molecular weight is 517 g/mol. The third kappa shape index (κ3) is 6.19. The van der Waals surface area contributed by atoms with Gasteiger partial charge in [-0.3, -0.25) is 9.78 Å². The number of rotatable bonds is 10. The molecule has 4 rings (SSSR count). The van der Waals surface area contributed by atoms with Crippen LogP contribution in [0, 0.1) is 11.7 Å². The van der Waals surface area contributed by atoms with Gasteiger partial charge in [0.25, 0.3) is 0 Å².